The number of nitrogens with one attached hydrogen (secondary N) is 1. The normalized spacial score (nSPS) is 23.6. The molecule has 1 aromatic rings. The van der Waals surface area contributed by atoms with Crippen LogP contribution in [-0.2, 0) is 14.8 Å². The zero-order valence-corrected chi connectivity index (χ0v) is 18.4. The second-order valence-corrected chi connectivity index (χ2v) is 10.5. The molecule has 3 fully saturated rings. The summed E-state index contributed by atoms with van der Waals surface area (Å²) in [5.74, 6) is -0.936. The fourth-order valence-corrected chi connectivity index (χ4v) is 6.24. The average molecular weight is 453 g/mol. The molecule has 1 N–H and O–H groups in total. The third-order valence-electron chi connectivity index (χ3n) is 6.58. The molecule has 0 atom stereocenters. The number of urea groups is 1. The van der Waals surface area contributed by atoms with Crippen molar-refractivity contribution in [1.29, 1.82) is 0 Å². The number of rotatable bonds is 4. The van der Waals surface area contributed by atoms with Gasteiger partial charge in [0, 0.05) is 26.2 Å². The molecule has 0 unspecified atom stereocenters. The summed E-state index contributed by atoms with van der Waals surface area (Å²) < 4.78 is 40.8. The minimum Gasteiger partial charge on any atom is -0.323 e. The molecule has 1 spiro atoms. The van der Waals surface area contributed by atoms with Crippen LogP contribution in [0.4, 0.5) is 9.18 Å². The van der Waals surface area contributed by atoms with Gasteiger partial charge in [-0.3, -0.25) is 9.69 Å². The van der Waals surface area contributed by atoms with Gasteiger partial charge in [-0.15, -0.1) is 0 Å². The molecule has 0 bridgehead atoms. The second kappa shape index (κ2) is 8.84. The third-order valence-corrected chi connectivity index (χ3v) is 8.51. The van der Waals surface area contributed by atoms with E-state index in [9.17, 15) is 22.4 Å². The summed E-state index contributed by atoms with van der Waals surface area (Å²) in [5.41, 5.74) is -0.784. The number of piperazine rings is 1. The zero-order chi connectivity index (χ0) is 22.1. The Morgan fingerprint density at radius 1 is 0.935 bits per heavy atom. The Balaban J connectivity index is 1.38. The highest BCUT2D eigenvalue weighted by atomic mass is 32.2. The van der Waals surface area contributed by atoms with Crippen LogP contribution in [0.5, 0.6) is 0 Å². The summed E-state index contributed by atoms with van der Waals surface area (Å²) in [4.78, 5) is 28.6. The topological polar surface area (TPSA) is 90.0 Å². The van der Waals surface area contributed by atoms with Crippen LogP contribution in [0.15, 0.2) is 29.2 Å². The number of hydrogen-bond acceptors (Lipinski definition) is 5. The van der Waals surface area contributed by atoms with Gasteiger partial charge in [-0.1, -0.05) is 44.2 Å². The van der Waals surface area contributed by atoms with E-state index in [2.05, 4.69) is 5.32 Å². The Kier molecular flexibility index (Phi) is 6.32. The van der Waals surface area contributed by atoms with E-state index in [4.69, 9.17) is 0 Å². The summed E-state index contributed by atoms with van der Waals surface area (Å²) >= 11 is 0. The van der Waals surface area contributed by atoms with Gasteiger partial charge in [0.15, 0.2) is 0 Å². The van der Waals surface area contributed by atoms with Gasteiger partial charge in [-0.2, -0.15) is 4.31 Å². The first-order chi connectivity index (χ1) is 14.8. The van der Waals surface area contributed by atoms with Gasteiger partial charge < -0.3 is 5.32 Å². The first-order valence-electron chi connectivity index (χ1n) is 10.9. The molecule has 2 saturated heterocycles. The highest BCUT2D eigenvalue weighted by molar-refractivity contribution is 7.89. The van der Waals surface area contributed by atoms with Crippen molar-refractivity contribution in [3.8, 4) is 0 Å². The molecule has 1 aromatic carbocycles. The van der Waals surface area contributed by atoms with Crippen LogP contribution in [0.25, 0.3) is 0 Å². The van der Waals surface area contributed by atoms with Crippen molar-refractivity contribution in [3.63, 3.8) is 0 Å². The number of carbonyl (C=O) groups excluding carboxylic acids is 2. The van der Waals surface area contributed by atoms with Crippen LogP contribution in [0.1, 0.15) is 44.9 Å². The molecule has 2 heterocycles. The van der Waals surface area contributed by atoms with E-state index in [1.165, 1.54) is 33.8 Å². The molecule has 0 aromatic heterocycles. The van der Waals surface area contributed by atoms with Crippen molar-refractivity contribution in [2.75, 3.05) is 32.8 Å². The van der Waals surface area contributed by atoms with Gasteiger partial charge in [0.1, 0.15) is 16.3 Å². The number of benzene rings is 1. The van der Waals surface area contributed by atoms with Crippen LogP contribution in [0.3, 0.4) is 0 Å². The highest BCUT2D eigenvalue weighted by Crippen LogP contribution is 2.32. The lowest BCUT2D eigenvalue weighted by atomic mass is 9.84. The van der Waals surface area contributed by atoms with Crippen LogP contribution in [-0.4, -0.2) is 72.8 Å². The van der Waals surface area contributed by atoms with Crippen LogP contribution < -0.4 is 5.32 Å². The van der Waals surface area contributed by atoms with Crippen molar-refractivity contribution in [2.45, 2.75) is 55.4 Å². The molecule has 0 radical (unpaired) electrons. The van der Waals surface area contributed by atoms with Gasteiger partial charge in [0.05, 0.1) is 6.67 Å². The molecule has 3 aliphatic rings. The summed E-state index contributed by atoms with van der Waals surface area (Å²) in [7, 11) is -3.92. The number of amides is 3. The number of hydrogen-bond donors (Lipinski definition) is 1. The van der Waals surface area contributed by atoms with Gasteiger partial charge in [0.2, 0.25) is 10.0 Å². The number of nitrogens with zero attached hydrogens (tertiary/aromatic N) is 3. The van der Waals surface area contributed by atoms with Crippen molar-refractivity contribution >= 4 is 22.0 Å². The molecular formula is C21H29FN4O4S. The van der Waals surface area contributed by atoms with Gasteiger partial charge in [-0.25, -0.2) is 22.5 Å². The van der Waals surface area contributed by atoms with Gasteiger partial charge in [0.25, 0.3) is 5.91 Å². The van der Waals surface area contributed by atoms with Crippen molar-refractivity contribution < 1.29 is 22.4 Å². The smallest absolute Gasteiger partial charge is 0.323 e. The number of carbonyl (C=O) groups is 2. The Hall–Kier alpha value is -2.04. The van der Waals surface area contributed by atoms with Crippen LogP contribution >= 0.6 is 0 Å². The predicted octanol–water partition coefficient (Wildman–Crippen LogP) is 2.12. The van der Waals surface area contributed by atoms with Gasteiger partial charge in [-0.05, 0) is 25.0 Å². The number of imide groups is 1. The molecule has 3 amide bonds. The monoisotopic (exact) mass is 452 g/mol. The lowest BCUT2D eigenvalue weighted by molar-refractivity contribution is -0.133. The summed E-state index contributed by atoms with van der Waals surface area (Å²) in [6.07, 6.45) is 6.50. The Bertz CT molecular complexity index is 938. The summed E-state index contributed by atoms with van der Waals surface area (Å²) in [5, 5.41) is 2.95. The first-order valence-corrected chi connectivity index (χ1v) is 12.4. The van der Waals surface area contributed by atoms with Crippen LogP contribution in [0, 0.1) is 5.82 Å². The lowest BCUT2D eigenvalue weighted by Gasteiger charge is -2.35. The largest absolute Gasteiger partial charge is 0.326 e. The fraction of sp³-hybridized carbons (Fsp3) is 0.619. The minimum atomic E-state index is -3.92. The maximum atomic E-state index is 14.0. The standard InChI is InChI=1S/C21H29FN4O4S/c22-17-8-4-5-9-18(17)31(29,30)25-14-12-24(13-15-25)16-26-19(27)21(23-20(26)28)10-6-2-1-3-7-11-21/h4-5,8-9H,1-3,6-7,10-16H2,(H,23,28). The molecule has 1 aliphatic carbocycles. The van der Waals surface area contributed by atoms with E-state index < -0.39 is 21.4 Å². The fourth-order valence-electron chi connectivity index (χ4n) is 4.76. The first kappa shape index (κ1) is 22.2. The van der Waals surface area contributed by atoms with Crippen molar-refractivity contribution in [1.82, 2.24) is 19.4 Å². The number of halogens is 1. The van der Waals surface area contributed by atoms with E-state index in [-0.39, 0.29) is 36.6 Å². The number of sulfonamides is 1. The molecule has 31 heavy (non-hydrogen) atoms. The second-order valence-electron chi connectivity index (χ2n) is 8.61. The van der Waals surface area contributed by atoms with Gasteiger partial charge >= 0.3 is 6.03 Å². The average Bonchev–Trinajstić information content (AvgIpc) is 2.96. The Morgan fingerprint density at radius 3 is 2.19 bits per heavy atom. The molecular weight excluding hydrogens is 423 g/mol. The highest BCUT2D eigenvalue weighted by Gasteiger charge is 2.50. The SMILES string of the molecule is O=C1NC2(CCCCCCC2)C(=O)N1CN1CCN(S(=O)(=O)c2ccccc2F)CC1. The predicted molar refractivity (Wildman–Crippen MR) is 112 cm³/mol. The molecule has 1 saturated carbocycles. The molecule has 4 rings (SSSR count). The lowest BCUT2D eigenvalue weighted by Crippen LogP contribution is -2.53. The van der Waals surface area contributed by atoms with Crippen molar-refractivity contribution in [3.05, 3.63) is 30.1 Å². The maximum absolute atomic E-state index is 14.0. The van der Waals surface area contributed by atoms with E-state index in [0.29, 0.717) is 25.9 Å². The third kappa shape index (κ3) is 4.33. The molecule has 10 heteroatoms. The molecule has 8 nitrogen and oxygen atoms in total. The quantitative estimate of drug-likeness (QED) is 0.707. The summed E-state index contributed by atoms with van der Waals surface area (Å²) in [6, 6.07) is 4.97. The zero-order valence-electron chi connectivity index (χ0n) is 17.6. The van der Waals surface area contributed by atoms with Crippen molar-refractivity contribution in [2.24, 2.45) is 0 Å². The minimum absolute atomic E-state index is 0.139. The van der Waals surface area contributed by atoms with E-state index in [1.807, 2.05) is 4.90 Å². The Labute approximate surface area is 182 Å². The molecule has 170 valence electrons. The maximum Gasteiger partial charge on any atom is 0.326 e. The Morgan fingerprint density at radius 2 is 1.55 bits per heavy atom. The van der Waals surface area contributed by atoms with E-state index >= 15 is 0 Å². The molecule has 2 aliphatic heterocycles. The van der Waals surface area contributed by atoms with E-state index in [0.717, 1.165) is 31.7 Å². The summed E-state index contributed by atoms with van der Waals surface area (Å²) in [6.45, 7) is 1.20. The van der Waals surface area contributed by atoms with Crippen LogP contribution in [0.2, 0.25) is 0 Å². The van der Waals surface area contributed by atoms with E-state index in [1.54, 1.807) is 0 Å².